The molecule has 1 N–H and O–H groups in total. The Kier molecular flexibility index (Phi) is 8.78. The second kappa shape index (κ2) is 11.1. The van der Waals surface area contributed by atoms with Crippen LogP contribution in [0.15, 0.2) is 0 Å². The fraction of sp³-hybridized carbons (Fsp3) is 0.762. The van der Waals surface area contributed by atoms with Gasteiger partial charge in [-0.25, -0.2) is 0 Å². The van der Waals surface area contributed by atoms with E-state index in [1.54, 1.807) is 6.92 Å². The van der Waals surface area contributed by atoms with E-state index < -0.39 is 6.10 Å². The number of carbonyl (C=O) groups excluding carboxylic acids is 3. The smallest absolute Gasteiger partial charge is 0.251 e. The number of rotatable bonds is 6. The summed E-state index contributed by atoms with van der Waals surface area (Å²) in [6, 6.07) is 0. The van der Waals surface area contributed by atoms with E-state index in [-0.39, 0.29) is 30.9 Å². The molecule has 0 aromatic carbocycles. The molecule has 3 amide bonds. The third kappa shape index (κ3) is 6.52. The maximum atomic E-state index is 12.4. The standard InChI is InChI=1S/C21H33N3O4/c1-4-14-28-16(2)21(27)24-12-8-19(9-13-24)18-6-5-10-23(11-7-18)20(26)15-22-17(3)25/h1,16,18-19H,5-15H2,2-3H3,(H,22,25). The number of piperidine rings is 1. The van der Waals surface area contributed by atoms with Crippen LogP contribution in [0.1, 0.15) is 46.0 Å². The molecule has 0 radical (unpaired) electrons. The number of nitrogens with one attached hydrogen (secondary N) is 1. The van der Waals surface area contributed by atoms with Crippen molar-refractivity contribution in [1.29, 1.82) is 0 Å². The SMILES string of the molecule is C#CCOC(C)C(=O)N1CCC(C2CCCN(C(=O)CNC(C)=O)CC2)CC1. The highest BCUT2D eigenvalue weighted by Crippen LogP contribution is 2.32. The van der Waals surface area contributed by atoms with E-state index in [0.29, 0.717) is 11.8 Å². The van der Waals surface area contributed by atoms with Crippen molar-refractivity contribution in [3.05, 3.63) is 0 Å². The molecule has 2 aliphatic heterocycles. The van der Waals surface area contributed by atoms with E-state index >= 15 is 0 Å². The minimum absolute atomic E-state index is 0.00257. The predicted octanol–water partition coefficient (Wildman–Crippen LogP) is 1.03. The average molecular weight is 392 g/mol. The van der Waals surface area contributed by atoms with Crippen LogP contribution in [0.25, 0.3) is 0 Å². The zero-order valence-corrected chi connectivity index (χ0v) is 17.1. The first-order valence-corrected chi connectivity index (χ1v) is 10.3. The van der Waals surface area contributed by atoms with E-state index in [9.17, 15) is 14.4 Å². The van der Waals surface area contributed by atoms with Crippen molar-refractivity contribution >= 4 is 17.7 Å². The Morgan fingerprint density at radius 3 is 2.29 bits per heavy atom. The van der Waals surface area contributed by atoms with E-state index in [0.717, 1.165) is 58.3 Å². The quantitative estimate of drug-likeness (QED) is 0.686. The first kappa shape index (κ1) is 22.2. The molecule has 2 aliphatic rings. The molecule has 0 spiro atoms. The lowest BCUT2D eigenvalue weighted by atomic mass is 9.80. The Labute approximate surface area is 168 Å². The van der Waals surface area contributed by atoms with Crippen LogP contribution in [0.4, 0.5) is 0 Å². The topological polar surface area (TPSA) is 79.0 Å². The minimum Gasteiger partial charge on any atom is -0.356 e. The van der Waals surface area contributed by atoms with Crippen LogP contribution in [0.2, 0.25) is 0 Å². The van der Waals surface area contributed by atoms with Crippen LogP contribution in [-0.2, 0) is 19.1 Å². The van der Waals surface area contributed by atoms with Crippen LogP contribution in [0, 0.1) is 24.2 Å². The van der Waals surface area contributed by atoms with Gasteiger partial charge in [-0.15, -0.1) is 6.42 Å². The molecule has 0 aromatic heterocycles. The van der Waals surface area contributed by atoms with Crippen LogP contribution in [-0.4, -0.2) is 73.0 Å². The summed E-state index contributed by atoms with van der Waals surface area (Å²) in [5.74, 6) is 3.41. The fourth-order valence-corrected chi connectivity index (χ4v) is 4.25. The summed E-state index contributed by atoms with van der Waals surface area (Å²) in [7, 11) is 0. The molecule has 7 heteroatoms. The Morgan fingerprint density at radius 1 is 1.07 bits per heavy atom. The maximum Gasteiger partial charge on any atom is 0.251 e. The molecule has 2 atom stereocenters. The third-order valence-electron chi connectivity index (χ3n) is 5.90. The van der Waals surface area contributed by atoms with Crippen LogP contribution in [0.5, 0.6) is 0 Å². The fourth-order valence-electron chi connectivity index (χ4n) is 4.25. The van der Waals surface area contributed by atoms with Crippen LogP contribution < -0.4 is 5.32 Å². The van der Waals surface area contributed by atoms with Gasteiger partial charge in [-0.05, 0) is 50.9 Å². The van der Waals surface area contributed by atoms with Crippen LogP contribution >= 0.6 is 0 Å². The number of hydrogen-bond donors (Lipinski definition) is 1. The van der Waals surface area contributed by atoms with E-state index in [1.165, 1.54) is 6.92 Å². The van der Waals surface area contributed by atoms with Crippen molar-refractivity contribution in [3.8, 4) is 12.3 Å². The van der Waals surface area contributed by atoms with Gasteiger partial charge in [-0.2, -0.15) is 0 Å². The summed E-state index contributed by atoms with van der Waals surface area (Å²) >= 11 is 0. The molecule has 2 saturated heterocycles. The molecule has 2 heterocycles. The molecule has 2 unspecified atom stereocenters. The third-order valence-corrected chi connectivity index (χ3v) is 5.90. The first-order valence-electron chi connectivity index (χ1n) is 10.3. The monoisotopic (exact) mass is 391 g/mol. The lowest BCUT2D eigenvalue weighted by molar-refractivity contribution is -0.143. The molecular weight excluding hydrogens is 358 g/mol. The number of likely N-dealkylation sites (tertiary alicyclic amines) is 2. The zero-order chi connectivity index (χ0) is 20.5. The second-order valence-electron chi connectivity index (χ2n) is 7.80. The molecular formula is C21H33N3O4. The van der Waals surface area contributed by atoms with E-state index in [1.807, 2.05) is 9.80 Å². The van der Waals surface area contributed by atoms with Crippen molar-refractivity contribution in [2.24, 2.45) is 11.8 Å². The Morgan fingerprint density at radius 2 is 1.68 bits per heavy atom. The Bertz CT molecular complexity index is 593. The van der Waals surface area contributed by atoms with E-state index in [4.69, 9.17) is 11.2 Å². The predicted molar refractivity (Wildman–Crippen MR) is 106 cm³/mol. The molecule has 0 aliphatic carbocycles. The Balaban J connectivity index is 1.77. The van der Waals surface area contributed by atoms with Gasteiger partial charge in [-0.1, -0.05) is 5.92 Å². The summed E-state index contributed by atoms with van der Waals surface area (Å²) in [5.41, 5.74) is 0. The molecule has 28 heavy (non-hydrogen) atoms. The van der Waals surface area contributed by atoms with Gasteiger partial charge >= 0.3 is 0 Å². The van der Waals surface area contributed by atoms with Gasteiger partial charge in [-0.3, -0.25) is 14.4 Å². The molecule has 156 valence electrons. The average Bonchev–Trinajstić information content (AvgIpc) is 2.96. The zero-order valence-electron chi connectivity index (χ0n) is 17.1. The number of ether oxygens (including phenoxy) is 1. The normalized spacial score (nSPS) is 22.1. The van der Waals surface area contributed by atoms with Crippen molar-refractivity contribution in [1.82, 2.24) is 15.1 Å². The minimum atomic E-state index is -0.492. The number of carbonyl (C=O) groups is 3. The summed E-state index contributed by atoms with van der Waals surface area (Å²) in [6.07, 6.45) is 9.79. The van der Waals surface area contributed by atoms with Crippen molar-refractivity contribution in [3.63, 3.8) is 0 Å². The van der Waals surface area contributed by atoms with Gasteiger partial charge in [0.2, 0.25) is 11.8 Å². The molecule has 0 saturated carbocycles. The second-order valence-corrected chi connectivity index (χ2v) is 7.80. The number of hydrogen-bond acceptors (Lipinski definition) is 4. The number of terminal acetylenes is 1. The van der Waals surface area contributed by atoms with Gasteiger partial charge < -0.3 is 19.9 Å². The number of nitrogens with zero attached hydrogens (tertiary/aromatic N) is 2. The molecule has 7 nitrogen and oxygen atoms in total. The highest BCUT2D eigenvalue weighted by atomic mass is 16.5. The molecule has 2 fully saturated rings. The lowest BCUT2D eigenvalue weighted by Crippen LogP contribution is -2.45. The van der Waals surface area contributed by atoms with Gasteiger partial charge in [0.25, 0.3) is 5.91 Å². The van der Waals surface area contributed by atoms with E-state index in [2.05, 4.69) is 11.2 Å². The first-order chi connectivity index (χ1) is 13.4. The largest absolute Gasteiger partial charge is 0.356 e. The summed E-state index contributed by atoms with van der Waals surface area (Å²) < 4.78 is 5.34. The van der Waals surface area contributed by atoms with Crippen molar-refractivity contribution in [2.75, 3.05) is 39.3 Å². The number of amides is 3. The van der Waals surface area contributed by atoms with Gasteiger partial charge in [0.05, 0.1) is 6.54 Å². The molecule has 0 bridgehead atoms. The molecule has 0 aromatic rings. The highest BCUT2D eigenvalue weighted by molar-refractivity contribution is 5.83. The summed E-state index contributed by atoms with van der Waals surface area (Å²) in [6.45, 7) is 6.44. The lowest BCUT2D eigenvalue weighted by Gasteiger charge is -2.36. The summed E-state index contributed by atoms with van der Waals surface area (Å²) in [5, 5.41) is 2.59. The Hall–Kier alpha value is -2.07. The summed E-state index contributed by atoms with van der Waals surface area (Å²) in [4.78, 5) is 39.4. The van der Waals surface area contributed by atoms with Crippen molar-refractivity contribution < 1.29 is 19.1 Å². The van der Waals surface area contributed by atoms with Crippen molar-refractivity contribution in [2.45, 2.75) is 52.1 Å². The maximum absolute atomic E-state index is 12.4. The van der Waals surface area contributed by atoms with Gasteiger partial charge in [0.15, 0.2) is 0 Å². The van der Waals surface area contributed by atoms with Gasteiger partial charge in [0, 0.05) is 33.1 Å². The van der Waals surface area contributed by atoms with Crippen LogP contribution in [0.3, 0.4) is 0 Å². The highest BCUT2D eigenvalue weighted by Gasteiger charge is 2.31. The molecule has 2 rings (SSSR count). The van der Waals surface area contributed by atoms with Gasteiger partial charge in [0.1, 0.15) is 12.7 Å².